The summed E-state index contributed by atoms with van der Waals surface area (Å²) < 4.78 is 27.9. The van der Waals surface area contributed by atoms with E-state index in [2.05, 4.69) is 4.72 Å². The van der Waals surface area contributed by atoms with Crippen LogP contribution < -0.4 is 4.72 Å². The molecule has 112 valence electrons. The first kappa shape index (κ1) is 16.4. The lowest BCUT2D eigenvalue weighted by Crippen LogP contribution is -2.49. The molecule has 19 heavy (non-hydrogen) atoms. The zero-order valence-corrected chi connectivity index (χ0v) is 12.5. The molecule has 0 aromatic rings. The van der Waals surface area contributed by atoms with Gasteiger partial charge < -0.3 is 10.0 Å². The fourth-order valence-corrected chi connectivity index (χ4v) is 3.24. The molecule has 1 saturated heterocycles. The van der Waals surface area contributed by atoms with Crippen molar-refractivity contribution in [1.82, 2.24) is 13.9 Å². The number of hydrogen-bond acceptors (Lipinski definition) is 4. The van der Waals surface area contributed by atoms with Gasteiger partial charge in [-0.3, -0.25) is 4.79 Å². The van der Waals surface area contributed by atoms with Gasteiger partial charge in [0, 0.05) is 25.7 Å². The lowest BCUT2D eigenvalue weighted by Gasteiger charge is -2.30. The average Bonchev–Trinajstić information content (AvgIpc) is 2.36. The number of piperidine rings is 1. The van der Waals surface area contributed by atoms with Gasteiger partial charge in [-0.2, -0.15) is 12.7 Å². The first-order chi connectivity index (χ1) is 8.74. The molecule has 1 aliphatic rings. The molecule has 1 fully saturated rings. The summed E-state index contributed by atoms with van der Waals surface area (Å²) in [5.41, 5.74) is 0. The van der Waals surface area contributed by atoms with E-state index in [1.54, 1.807) is 0 Å². The van der Waals surface area contributed by atoms with Crippen molar-refractivity contribution in [3.8, 4) is 0 Å². The van der Waals surface area contributed by atoms with Gasteiger partial charge in [0.15, 0.2) is 0 Å². The molecule has 0 radical (unpaired) electrons. The van der Waals surface area contributed by atoms with Crippen LogP contribution in [0.1, 0.15) is 19.8 Å². The molecule has 1 aliphatic heterocycles. The van der Waals surface area contributed by atoms with Crippen LogP contribution in [-0.2, 0) is 15.0 Å². The molecule has 0 spiro atoms. The summed E-state index contributed by atoms with van der Waals surface area (Å²) in [6.07, 6.45) is 1.12. The second-order valence-electron chi connectivity index (χ2n) is 5.20. The number of carboxylic acid groups (broad SMARTS) is 1. The second-order valence-corrected chi connectivity index (χ2v) is 6.96. The van der Waals surface area contributed by atoms with E-state index in [-0.39, 0.29) is 12.6 Å². The molecule has 2 unspecified atom stereocenters. The highest BCUT2D eigenvalue weighted by atomic mass is 32.2. The zero-order chi connectivity index (χ0) is 14.6. The van der Waals surface area contributed by atoms with Crippen LogP contribution in [-0.4, -0.2) is 68.5 Å². The van der Waals surface area contributed by atoms with Crippen LogP contribution in [0.25, 0.3) is 0 Å². The predicted molar refractivity (Wildman–Crippen MR) is 72.0 cm³/mol. The Morgan fingerprint density at radius 3 is 2.68 bits per heavy atom. The Kier molecular flexibility index (Phi) is 5.72. The van der Waals surface area contributed by atoms with Crippen molar-refractivity contribution in [1.29, 1.82) is 0 Å². The highest BCUT2D eigenvalue weighted by Gasteiger charge is 2.32. The molecule has 0 amide bonds. The third-order valence-electron chi connectivity index (χ3n) is 3.52. The van der Waals surface area contributed by atoms with E-state index >= 15 is 0 Å². The Hall–Kier alpha value is -0.700. The quantitative estimate of drug-likeness (QED) is 0.693. The minimum atomic E-state index is -3.59. The molecular weight excluding hydrogens is 270 g/mol. The van der Waals surface area contributed by atoms with E-state index < -0.39 is 22.1 Å². The number of carbonyl (C=O) groups is 1. The Morgan fingerprint density at radius 1 is 1.53 bits per heavy atom. The minimum absolute atomic E-state index is 0.0566. The summed E-state index contributed by atoms with van der Waals surface area (Å²) >= 11 is 0. The Morgan fingerprint density at radius 2 is 2.16 bits per heavy atom. The summed E-state index contributed by atoms with van der Waals surface area (Å²) in [4.78, 5) is 12.8. The number of rotatable bonds is 6. The van der Waals surface area contributed by atoms with Crippen LogP contribution in [0.4, 0.5) is 0 Å². The van der Waals surface area contributed by atoms with Gasteiger partial charge >= 0.3 is 5.97 Å². The summed E-state index contributed by atoms with van der Waals surface area (Å²) in [6.45, 7) is 2.67. The number of carboxylic acids is 1. The average molecular weight is 293 g/mol. The van der Waals surface area contributed by atoms with Crippen LogP contribution in [0.2, 0.25) is 0 Å². The Bertz CT molecular complexity index is 410. The third kappa shape index (κ3) is 4.72. The maximum Gasteiger partial charge on any atom is 0.307 e. The van der Waals surface area contributed by atoms with E-state index in [0.29, 0.717) is 25.9 Å². The molecule has 0 bridgehead atoms. The molecule has 8 heteroatoms. The maximum absolute atomic E-state index is 12.1. The Labute approximate surface area is 114 Å². The van der Waals surface area contributed by atoms with E-state index in [1.165, 1.54) is 4.31 Å². The van der Waals surface area contributed by atoms with Crippen LogP contribution >= 0.6 is 0 Å². The van der Waals surface area contributed by atoms with Gasteiger partial charge in [0.25, 0.3) is 10.2 Å². The van der Waals surface area contributed by atoms with Crippen molar-refractivity contribution < 1.29 is 18.3 Å². The van der Waals surface area contributed by atoms with Crippen molar-refractivity contribution in [3.05, 3.63) is 0 Å². The van der Waals surface area contributed by atoms with Crippen molar-refractivity contribution in [3.63, 3.8) is 0 Å². The van der Waals surface area contributed by atoms with E-state index in [4.69, 9.17) is 5.11 Å². The SMILES string of the molecule is CC(CNS(=O)(=O)N1CCCC(C(=O)O)C1)N(C)C. The van der Waals surface area contributed by atoms with Crippen molar-refractivity contribution >= 4 is 16.2 Å². The molecule has 1 heterocycles. The molecule has 2 N–H and O–H groups in total. The summed E-state index contributed by atoms with van der Waals surface area (Å²) in [5.74, 6) is -1.53. The van der Waals surface area contributed by atoms with Crippen molar-refractivity contribution in [2.75, 3.05) is 33.7 Å². The van der Waals surface area contributed by atoms with Gasteiger partial charge in [0.2, 0.25) is 0 Å². The largest absolute Gasteiger partial charge is 0.481 e. The molecule has 0 saturated carbocycles. The Balaban J connectivity index is 2.59. The smallest absolute Gasteiger partial charge is 0.307 e. The lowest BCUT2D eigenvalue weighted by molar-refractivity contribution is -0.142. The van der Waals surface area contributed by atoms with Gasteiger partial charge in [0.1, 0.15) is 0 Å². The van der Waals surface area contributed by atoms with Gasteiger partial charge in [-0.15, -0.1) is 0 Å². The topological polar surface area (TPSA) is 90.0 Å². The summed E-state index contributed by atoms with van der Waals surface area (Å²) in [7, 11) is 0.166. The number of aliphatic carboxylic acids is 1. The van der Waals surface area contributed by atoms with Crippen molar-refractivity contribution in [2.24, 2.45) is 5.92 Å². The maximum atomic E-state index is 12.1. The van der Waals surface area contributed by atoms with E-state index in [9.17, 15) is 13.2 Å². The number of nitrogens with zero attached hydrogens (tertiary/aromatic N) is 2. The van der Waals surface area contributed by atoms with Gasteiger partial charge in [0.05, 0.1) is 5.92 Å². The molecule has 2 atom stereocenters. The molecule has 7 nitrogen and oxygen atoms in total. The van der Waals surface area contributed by atoms with E-state index in [1.807, 2.05) is 25.9 Å². The summed E-state index contributed by atoms with van der Waals surface area (Å²) in [5, 5.41) is 8.96. The normalized spacial score (nSPS) is 23.5. The van der Waals surface area contributed by atoms with Crippen LogP contribution in [0.5, 0.6) is 0 Å². The van der Waals surface area contributed by atoms with Crippen molar-refractivity contribution in [2.45, 2.75) is 25.8 Å². The molecule has 0 aliphatic carbocycles. The summed E-state index contributed by atoms with van der Waals surface area (Å²) in [6, 6.07) is 0.0786. The van der Waals surface area contributed by atoms with Crippen LogP contribution in [0.15, 0.2) is 0 Å². The predicted octanol–water partition coefficient (Wildman–Crippen LogP) is -0.432. The first-order valence-electron chi connectivity index (χ1n) is 6.38. The van der Waals surface area contributed by atoms with Gasteiger partial charge in [-0.1, -0.05) is 0 Å². The second kappa shape index (κ2) is 6.65. The molecular formula is C11H23N3O4S. The number of likely N-dealkylation sites (N-methyl/N-ethyl adjacent to an activating group) is 1. The minimum Gasteiger partial charge on any atom is -0.481 e. The third-order valence-corrected chi connectivity index (χ3v) is 5.06. The number of nitrogens with one attached hydrogen (secondary N) is 1. The zero-order valence-electron chi connectivity index (χ0n) is 11.7. The monoisotopic (exact) mass is 293 g/mol. The van der Waals surface area contributed by atoms with Crippen LogP contribution in [0, 0.1) is 5.92 Å². The fraction of sp³-hybridized carbons (Fsp3) is 0.909. The molecule has 0 aromatic heterocycles. The van der Waals surface area contributed by atoms with Gasteiger partial charge in [-0.05, 0) is 33.9 Å². The van der Waals surface area contributed by atoms with Gasteiger partial charge in [-0.25, -0.2) is 4.72 Å². The molecule has 0 aromatic carbocycles. The standard InChI is InChI=1S/C11H23N3O4S/c1-9(13(2)3)7-12-19(17,18)14-6-4-5-10(8-14)11(15)16/h9-10,12H,4-8H2,1-3H3,(H,15,16). The number of hydrogen-bond donors (Lipinski definition) is 2. The lowest BCUT2D eigenvalue weighted by atomic mass is 10.0. The molecule has 1 rings (SSSR count). The van der Waals surface area contributed by atoms with Crippen LogP contribution in [0.3, 0.4) is 0 Å². The first-order valence-corrected chi connectivity index (χ1v) is 7.82. The fourth-order valence-electron chi connectivity index (χ4n) is 1.86. The highest BCUT2D eigenvalue weighted by molar-refractivity contribution is 7.87. The highest BCUT2D eigenvalue weighted by Crippen LogP contribution is 2.18. The van der Waals surface area contributed by atoms with E-state index in [0.717, 1.165) is 0 Å².